The van der Waals surface area contributed by atoms with Crippen LogP contribution in [0.5, 0.6) is 0 Å². The fraction of sp³-hybridized carbons (Fsp3) is 0.143. The van der Waals surface area contributed by atoms with Gasteiger partial charge in [-0.2, -0.15) is 5.10 Å². The largest absolute Gasteiger partial charge is 0.325 e. The first-order chi connectivity index (χ1) is 13.5. The fourth-order valence-electron chi connectivity index (χ4n) is 2.90. The molecule has 28 heavy (non-hydrogen) atoms. The van der Waals surface area contributed by atoms with E-state index in [1.54, 1.807) is 24.3 Å². The minimum absolute atomic E-state index is 0.288. The third kappa shape index (κ3) is 3.69. The van der Waals surface area contributed by atoms with Crippen LogP contribution in [0.2, 0.25) is 0 Å². The van der Waals surface area contributed by atoms with Gasteiger partial charge in [0.25, 0.3) is 0 Å². The maximum absolute atomic E-state index is 14.6. The van der Waals surface area contributed by atoms with Crippen molar-refractivity contribution < 1.29 is 8.78 Å². The number of halogens is 2. The lowest BCUT2D eigenvalue weighted by molar-refractivity contribution is 0.627. The van der Waals surface area contributed by atoms with Gasteiger partial charge >= 0.3 is 0 Å². The molecule has 0 amide bonds. The topological polar surface area (TPSA) is 70.2 Å². The minimum Gasteiger partial charge on any atom is -0.325 e. The summed E-state index contributed by atoms with van der Waals surface area (Å²) in [6, 6.07) is 9.22. The van der Waals surface area contributed by atoms with Crippen molar-refractivity contribution in [1.82, 2.24) is 25.4 Å². The summed E-state index contributed by atoms with van der Waals surface area (Å²) in [6.07, 6.45) is 5.54. The predicted molar refractivity (Wildman–Crippen MR) is 105 cm³/mol. The lowest BCUT2D eigenvalue weighted by Gasteiger charge is -2.01. The summed E-state index contributed by atoms with van der Waals surface area (Å²) in [5.41, 5.74) is 2.38. The summed E-state index contributed by atoms with van der Waals surface area (Å²) in [5.74, 6) is 0.556. The van der Waals surface area contributed by atoms with Crippen molar-refractivity contribution >= 4 is 23.1 Å². The Morgan fingerprint density at radius 1 is 1.00 bits per heavy atom. The first kappa shape index (κ1) is 18.0. The molecule has 1 radical (unpaired) electrons. The molecule has 0 fully saturated rings. The lowest BCUT2D eigenvalue weighted by Crippen LogP contribution is -1.93. The van der Waals surface area contributed by atoms with Crippen LogP contribution in [0.15, 0.2) is 36.4 Å². The molecule has 0 spiro atoms. The summed E-state index contributed by atoms with van der Waals surface area (Å²) in [4.78, 5) is 3.04. The Bertz CT molecular complexity index is 1140. The van der Waals surface area contributed by atoms with Crippen LogP contribution in [0.3, 0.4) is 0 Å². The van der Waals surface area contributed by atoms with Gasteiger partial charge in [0.15, 0.2) is 5.82 Å². The van der Waals surface area contributed by atoms with Gasteiger partial charge < -0.3 is 4.98 Å². The van der Waals surface area contributed by atoms with Gasteiger partial charge in [-0.05, 0) is 35.8 Å². The first-order valence-electron chi connectivity index (χ1n) is 8.89. The zero-order chi connectivity index (χ0) is 19.7. The molecule has 2 N–H and O–H groups in total. The van der Waals surface area contributed by atoms with Crippen molar-refractivity contribution in [2.75, 3.05) is 0 Å². The maximum atomic E-state index is 14.6. The highest BCUT2D eigenvalue weighted by molar-refractivity contribution is 5.92. The van der Waals surface area contributed by atoms with Crippen LogP contribution >= 0.6 is 0 Å². The Kier molecular flexibility index (Phi) is 4.73. The molecule has 0 aliphatic heterocycles. The van der Waals surface area contributed by atoms with E-state index in [1.807, 2.05) is 26.3 Å². The van der Waals surface area contributed by atoms with E-state index in [2.05, 4.69) is 25.4 Å². The van der Waals surface area contributed by atoms with Gasteiger partial charge in [0.1, 0.15) is 17.5 Å². The van der Waals surface area contributed by atoms with Crippen molar-refractivity contribution in [3.8, 4) is 11.4 Å². The average molecular weight is 378 g/mol. The molecule has 0 aliphatic carbocycles. The number of hydrogen-bond donors (Lipinski definition) is 2. The molecule has 7 heteroatoms. The normalized spacial score (nSPS) is 11.9. The summed E-state index contributed by atoms with van der Waals surface area (Å²) < 4.78 is 27.6. The lowest BCUT2D eigenvalue weighted by atomic mass is 10.1. The van der Waals surface area contributed by atoms with E-state index in [9.17, 15) is 8.78 Å². The number of fused-ring (bicyclic) bond motifs is 1. The SMILES string of the molecule is CC(C)[CH]c1nnc(-c2cc3c(/C=C/c4ccc(F)cc4)n[nH]c3cc2F)[nH]1. The molecule has 4 aromatic rings. The summed E-state index contributed by atoms with van der Waals surface area (Å²) >= 11 is 0. The Morgan fingerprint density at radius 2 is 1.79 bits per heavy atom. The summed E-state index contributed by atoms with van der Waals surface area (Å²) in [7, 11) is 0. The number of aromatic nitrogens is 5. The van der Waals surface area contributed by atoms with Gasteiger partial charge in [-0.15, -0.1) is 10.2 Å². The third-order valence-electron chi connectivity index (χ3n) is 4.23. The Labute approximate surface area is 160 Å². The van der Waals surface area contributed by atoms with Crippen molar-refractivity contribution in [3.05, 3.63) is 71.5 Å². The maximum Gasteiger partial charge on any atom is 0.164 e. The fourth-order valence-corrected chi connectivity index (χ4v) is 2.90. The summed E-state index contributed by atoms with van der Waals surface area (Å²) in [6.45, 7) is 4.06. The van der Waals surface area contributed by atoms with E-state index >= 15 is 0 Å². The number of nitrogens with zero attached hydrogens (tertiary/aromatic N) is 3. The van der Waals surface area contributed by atoms with Gasteiger partial charge in [-0.25, -0.2) is 8.78 Å². The Balaban J connectivity index is 1.69. The van der Waals surface area contributed by atoms with Gasteiger partial charge in [-0.1, -0.05) is 32.1 Å². The van der Waals surface area contributed by atoms with Crippen molar-refractivity contribution in [1.29, 1.82) is 0 Å². The molecule has 2 heterocycles. The van der Waals surface area contributed by atoms with Crippen LogP contribution in [0, 0.1) is 24.0 Å². The number of aromatic amines is 2. The zero-order valence-electron chi connectivity index (χ0n) is 15.4. The molecule has 0 unspecified atom stereocenters. The number of hydrogen-bond acceptors (Lipinski definition) is 3. The molecule has 0 saturated carbocycles. The quantitative estimate of drug-likeness (QED) is 0.513. The molecule has 0 bridgehead atoms. The molecular weight excluding hydrogens is 360 g/mol. The molecule has 2 aromatic heterocycles. The van der Waals surface area contributed by atoms with Gasteiger partial charge in [-0.3, -0.25) is 5.10 Å². The van der Waals surface area contributed by atoms with Crippen LogP contribution in [0.4, 0.5) is 8.78 Å². The Hall–Kier alpha value is -3.35. The molecule has 0 aliphatic rings. The van der Waals surface area contributed by atoms with Gasteiger partial charge in [0.2, 0.25) is 0 Å². The highest BCUT2D eigenvalue weighted by Gasteiger charge is 2.15. The van der Waals surface area contributed by atoms with E-state index in [1.165, 1.54) is 18.2 Å². The van der Waals surface area contributed by atoms with E-state index < -0.39 is 5.82 Å². The molecule has 141 valence electrons. The molecular formula is C21H18F2N5. The smallest absolute Gasteiger partial charge is 0.164 e. The van der Waals surface area contributed by atoms with E-state index in [-0.39, 0.29) is 5.82 Å². The van der Waals surface area contributed by atoms with Crippen molar-refractivity contribution in [2.24, 2.45) is 5.92 Å². The van der Waals surface area contributed by atoms with Crippen LogP contribution in [-0.4, -0.2) is 25.4 Å². The van der Waals surface area contributed by atoms with Gasteiger partial charge in [0, 0.05) is 17.9 Å². The zero-order valence-corrected chi connectivity index (χ0v) is 15.4. The predicted octanol–water partition coefficient (Wildman–Crippen LogP) is 5.00. The first-order valence-corrected chi connectivity index (χ1v) is 8.89. The number of benzene rings is 2. The van der Waals surface area contributed by atoms with Gasteiger partial charge in [0.05, 0.1) is 16.8 Å². The molecule has 2 aromatic carbocycles. The van der Waals surface area contributed by atoms with Crippen LogP contribution in [-0.2, 0) is 0 Å². The van der Waals surface area contributed by atoms with Crippen molar-refractivity contribution in [2.45, 2.75) is 13.8 Å². The third-order valence-corrected chi connectivity index (χ3v) is 4.23. The van der Waals surface area contributed by atoms with Crippen LogP contribution in [0.25, 0.3) is 34.4 Å². The highest BCUT2D eigenvalue weighted by atomic mass is 19.1. The van der Waals surface area contributed by atoms with Crippen molar-refractivity contribution in [3.63, 3.8) is 0 Å². The Morgan fingerprint density at radius 3 is 2.54 bits per heavy atom. The molecule has 5 nitrogen and oxygen atoms in total. The minimum atomic E-state index is -0.419. The monoisotopic (exact) mass is 378 g/mol. The molecule has 0 saturated heterocycles. The molecule has 0 atom stereocenters. The average Bonchev–Trinajstić information content (AvgIpc) is 3.26. The molecule has 4 rings (SSSR count). The second-order valence-corrected chi connectivity index (χ2v) is 6.84. The number of rotatable bonds is 5. The standard InChI is InChI=1S/C21H18F2N5/c1-12(2)9-20-24-21(28-27-20)15-10-16-18(25-26-19(16)11-17(15)23)8-5-13-3-6-14(22)7-4-13/h3-12H,1-2H3,(H,25,26)(H,24,27,28)/b8-5+. The van der Waals surface area contributed by atoms with E-state index in [0.717, 1.165) is 10.9 Å². The van der Waals surface area contributed by atoms with E-state index in [0.29, 0.717) is 34.3 Å². The van der Waals surface area contributed by atoms with Crippen LogP contribution in [0.1, 0.15) is 30.9 Å². The summed E-state index contributed by atoms with van der Waals surface area (Å²) in [5, 5.41) is 15.9. The highest BCUT2D eigenvalue weighted by Crippen LogP contribution is 2.27. The number of nitrogens with one attached hydrogen (secondary N) is 2. The second-order valence-electron chi connectivity index (χ2n) is 6.84. The van der Waals surface area contributed by atoms with Crippen LogP contribution < -0.4 is 0 Å². The van der Waals surface area contributed by atoms with E-state index in [4.69, 9.17) is 0 Å². The number of H-pyrrole nitrogens is 2. The second kappa shape index (κ2) is 7.34.